The predicted molar refractivity (Wildman–Crippen MR) is 161 cm³/mol. The number of hydrogen-bond acceptors (Lipinski definition) is 5. The normalized spacial score (nSPS) is 14.3. The second kappa shape index (κ2) is 10.4. The number of pyridine rings is 1. The van der Waals surface area contributed by atoms with E-state index in [0.29, 0.717) is 28.0 Å². The molecular weight excluding hydrogens is 512 g/mol. The Bertz CT molecular complexity index is 1770. The lowest BCUT2D eigenvalue weighted by Gasteiger charge is -2.43. The molecule has 6 nitrogen and oxygen atoms in total. The summed E-state index contributed by atoms with van der Waals surface area (Å²) >= 11 is 0. The highest BCUT2D eigenvalue weighted by atomic mass is 16.6. The zero-order valence-electron chi connectivity index (χ0n) is 23.4. The van der Waals surface area contributed by atoms with Gasteiger partial charge in [-0.3, -0.25) is 9.78 Å². The molecule has 3 aromatic carbocycles. The first-order valence-corrected chi connectivity index (χ1v) is 13.9. The third-order valence-electron chi connectivity index (χ3n) is 7.56. The first kappa shape index (κ1) is 26.5. The van der Waals surface area contributed by atoms with Crippen molar-refractivity contribution in [3.05, 3.63) is 113 Å². The topological polar surface area (TPSA) is 81.4 Å². The largest absolute Gasteiger partial charge is 0.453 e. The lowest BCUT2D eigenvalue weighted by molar-refractivity contribution is 0.0377. The monoisotopic (exact) mass is 544 g/mol. The molecule has 0 radical (unpaired) electrons. The highest BCUT2D eigenvalue weighted by Crippen LogP contribution is 2.43. The maximum Gasteiger partial charge on any atom is 0.408 e. The summed E-state index contributed by atoms with van der Waals surface area (Å²) in [5, 5.41) is 3.58. The van der Waals surface area contributed by atoms with Crippen LogP contribution >= 0.6 is 0 Å². The lowest BCUT2D eigenvalue weighted by Crippen LogP contribution is -2.52. The van der Waals surface area contributed by atoms with E-state index in [1.54, 1.807) is 12.3 Å². The van der Waals surface area contributed by atoms with Crippen molar-refractivity contribution >= 4 is 17.1 Å². The van der Waals surface area contributed by atoms with Gasteiger partial charge in [-0.15, -0.1) is 0 Å². The van der Waals surface area contributed by atoms with Gasteiger partial charge in [0.15, 0.2) is 5.58 Å². The third kappa shape index (κ3) is 5.13. The average Bonchev–Trinajstić information content (AvgIpc) is 2.95. The Labute approximate surface area is 239 Å². The number of amides is 1. The number of ether oxygens (including phenoxy) is 1. The van der Waals surface area contributed by atoms with Crippen molar-refractivity contribution in [1.82, 2.24) is 10.3 Å². The number of rotatable bonds is 5. The van der Waals surface area contributed by atoms with Crippen molar-refractivity contribution in [3.8, 4) is 33.7 Å². The second-order valence-electron chi connectivity index (χ2n) is 11.5. The van der Waals surface area contributed by atoms with Crippen molar-refractivity contribution in [2.45, 2.75) is 51.2 Å². The quantitative estimate of drug-likeness (QED) is 0.242. The summed E-state index contributed by atoms with van der Waals surface area (Å²) in [6.07, 6.45) is 3.90. The van der Waals surface area contributed by atoms with Gasteiger partial charge in [-0.05, 0) is 57.2 Å². The molecule has 0 spiro atoms. The van der Waals surface area contributed by atoms with Crippen LogP contribution in [0.3, 0.4) is 0 Å². The highest BCUT2D eigenvalue weighted by Gasteiger charge is 2.41. The van der Waals surface area contributed by atoms with Gasteiger partial charge in [0, 0.05) is 17.3 Å². The molecule has 0 aliphatic heterocycles. The van der Waals surface area contributed by atoms with Crippen LogP contribution < -0.4 is 10.7 Å². The third-order valence-corrected chi connectivity index (χ3v) is 7.56. The van der Waals surface area contributed by atoms with E-state index in [9.17, 15) is 9.59 Å². The minimum atomic E-state index is -0.577. The van der Waals surface area contributed by atoms with Gasteiger partial charge >= 0.3 is 6.09 Å². The molecule has 1 fully saturated rings. The van der Waals surface area contributed by atoms with E-state index in [0.717, 1.165) is 41.5 Å². The second-order valence-corrected chi connectivity index (χ2v) is 11.5. The molecule has 0 saturated heterocycles. The summed E-state index contributed by atoms with van der Waals surface area (Å²) in [4.78, 5) is 31.4. The molecule has 2 heterocycles. The Hall–Kier alpha value is -4.71. The van der Waals surface area contributed by atoms with Crippen LogP contribution in [-0.4, -0.2) is 16.7 Å². The van der Waals surface area contributed by atoms with Crippen LogP contribution in [0.15, 0.2) is 106 Å². The Kier molecular flexibility index (Phi) is 6.70. The van der Waals surface area contributed by atoms with Gasteiger partial charge in [0.1, 0.15) is 17.1 Å². The van der Waals surface area contributed by atoms with Gasteiger partial charge in [0.2, 0.25) is 5.43 Å². The maximum atomic E-state index is 14.2. The zero-order valence-corrected chi connectivity index (χ0v) is 23.4. The summed E-state index contributed by atoms with van der Waals surface area (Å²) in [5.74, 6) is 0.492. The van der Waals surface area contributed by atoms with Crippen molar-refractivity contribution in [2.24, 2.45) is 0 Å². The van der Waals surface area contributed by atoms with Crippen LogP contribution in [0.4, 0.5) is 4.79 Å². The smallest absolute Gasteiger partial charge is 0.408 e. The fourth-order valence-corrected chi connectivity index (χ4v) is 5.45. The molecule has 2 aromatic heterocycles. The molecule has 0 unspecified atom stereocenters. The molecule has 206 valence electrons. The van der Waals surface area contributed by atoms with Crippen molar-refractivity contribution in [3.63, 3.8) is 0 Å². The molecule has 0 bridgehead atoms. The van der Waals surface area contributed by atoms with E-state index >= 15 is 0 Å². The Morgan fingerprint density at radius 1 is 0.854 bits per heavy atom. The molecule has 5 aromatic rings. The van der Waals surface area contributed by atoms with Crippen LogP contribution in [0.1, 0.15) is 45.6 Å². The fraction of sp³-hybridized carbons (Fsp3) is 0.229. The van der Waals surface area contributed by atoms with Gasteiger partial charge in [0.25, 0.3) is 0 Å². The molecule has 0 atom stereocenters. The van der Waals surface area contributed by atoms with E-state index < -0.39 is 17.2 Å². The number of nitrogens with one attached hydrogen (secondary N) is 1. The Morgan fingerprint density at radius 3 is 2.07 bits per heavy atom. The molecule has 6 heteroatoms. The SMILES string of the molecule is CC(C)(C)OC(=O)NC1(c2ccc(-c3c(-c4ccccc4)oc4c(-c5ccccc5)nccc4c3=O)cc2)CCC1. The first-order valence-electron chi connectivity index (χ1n) is 13.9. The predicted octanol–water partition coefficient (Wildman–Crippen LogP) is 8.09. The van der Waals surface area contributed by atoms with Gasteiger partial charge in [0.05, 0.1) is 16.5 Å². The van der Waals surface area contributed by atoms with Crippen LogP contribution in [0.2, 0.25) is 0 Å². The van der Waals surface area contributed by atoms with Crippen LogP contribution in [0.25, 0.3) is 44.7 Å². The summed E-state index contributed by atoms with van der Waals surface area (Å²) < 4.78 is 12.1. The Morgan fingerprint density at radius 2 is 1.49 bits per heavy atom. The van der Waals surface area contributed by atoms with Crippen molar-refractivity contribution < 1.29 is 13.9 Å². The van der Waals surface area contributed by atoms with Gasteiger partial charge in [-0.25, -0.2) is 4.79 Å². The van der Waals surface area contributed by atoms with E-state index in [1.165, 1.54) is 0 Å². The number of hydrogen-bond donors (Lipinski definition) is 1. The van der Waals surface area contributed by atoms with Gasteiger partial charge < -0.3 is 14.5 Å². The molecular formula is C35H32N2O4. The lowest BCUT2D eigenvalue weighted by atomic mass is 9.71. The minimum absolute atomic E-state index is 0.123. The van der Waals surface area contributed by atoms with Crippen LogP contribution in [0.5, 0.6) is 0 Å². The molecule has 1 saturated carbocycles. The van der Waals surface area contributed by atoms with E-state index in [1.807, 2.05) is 106 Å². The van der Waals surface area contributed by atoms with Crippen molar-refractivity contribution in [2.75, 3.05) is 0 Å². The standard InChI is InChI=1S/C35H32N2O4/c1-34(2,3)41-33(39)37-35(20-10-21-35)26-17-15-23(16-18-26)28-30(38)27-19-22-36-29(24-11-6-4-7-12-24)32(27)40-31(28)25-13-8-5-9-14-25/h4-9,11-19,22H,10,20-21H2,1-3H3,(H,37,39). The fourth-order valence-electron chi connectivity index (χ4n) is 5.45. The first-order chi connectivity index (χ1) is 19.7. The Balaban J connectivity index is 1.46. The number of aromatic nitrogens is 1. The molecule has 41 heavy (non-hydrogen) atoms. The summed E-state index contributed by atoms with van der Waals surface area (Å²) in [6, 6.07) is 29.0. The van der Waals surface area contributed by atoms with Crippen molar-refractivity contribution in [1.29, 1.82) is 0 Å². The van der Waals surface area contributed by atoms with Crippen LogP contribution in [-0.2, 0) is 10.3 Å². The number of fused-ring (bicyclic) bond motifs is 1. The zero-order chi connectivity index (χ0) is 28.6. The number of carbonyl (C=O) groups is 1. The van der Waals surface area contributed by atoms with E-state index in [4.69, 9.17) is 9.15 Å². The average molecular weight is 545 g/mol. The molecule has 1 aliphatic rings. The summed E-state index contributed by atoms with van der Waals surface area (Å²) in [7, 11) is 0. The molecule has 1 N–H and O–H groups in total. The highest BCUT2D eigenvalue weighted by molar-refractivity contribution is 5.95. The molecule has 6 rings (SSSR count). The molecule has 1 amide bonds. The number of alkyl carbamates (subject to hydrolysis) is 1. The van der Waals surface area contributed by atoms with E-state index in [-0.39, 0.29) is 5.43 Å². The van der Waals surface area contributed by atoms with E-state index in [2.05, 4.69) is 10.3 Å². The maximum absolute atomic E-state index is 14.2. The molecule has 1 aliphatic carbocycles. The van der Waals surface area contributed by atoms with Crippen LogP contribution in [0, 0.1) is 0 Å². The number of benzene rings is 3. The number of nitrogens with zero attached hydrogens (tertiary/aromatic N) is 1. The van der Waals surface area contributed by atoms with Gasteiger partial charge in [-0.1, -0.05) is 84.9 Å². The minimum Gasteiger partial charge on any atom is -0.453 e. The summed E-state index contributed by atoms with van der Waals surface area (Å²) in [6.45, 7) is 5.56. The van der Waals surface area contributed by atoms with Gasteiger partial charge in [-0.2, -0.15) is 0 Å². The number of carbonyl (C=O) groups excluding carboxylic acids is 1. The summed E-state index contributed by atoms with van der Waals surface area (Å²) in [5.41, 5.74) is 3.80.